The number of carbonyl (C=O) groups excluding carboxylic acids is 1. The Morgan fingerprint density at radius 2 is 2.12 bits per heavy atom. The summed E-state index contributed by atoms with van der Waals surface area (Å²) < 4.78 is 10.8. The first-order chi connectivity index (χ1) is 16.5. The van der Waals surface area contributed by atoms with Gasteiger partial charge in [0.25, 0.3) is 5.56 Å². The minimum Gasteiger partial charge on any atom is -0.376 e. The second-order valence-corrected chi connectivity index (χ2v) is 9.31. The molecule has 2 fully saturated rings. The Bertz CT molecular complexity index is 1470. The zero-order valence-electron chi connectivity index (χ0n) is 18.7. The Morgan fingerprint density at radius 1 is 1.24 bits per heavy atom. The van der Waals surface area contributed by atoms with Crippen LogP contribution < -0.4 is 5.56 Å². The van der Waals surface area contributed by atoms with Crippen LogP contribution in [0, 0.1) is 0 Å². The molecule has 2 aliphatic heterocycles. The maximum atomic E-state index is 13.8. The molecule has 3 aromatic heterocycles. The topological polar surface area (TPSA) is 99.6 Å². The van der Waals surface area contributed by atoms with E-state index in [0.717, 1.165) is 31.2 Å². The fourth-order valence-corrected chi connectivity index (χ4v) is 5.50. The minimum atomic E-state index is -0.216. The van der Waals surface area contributed by atoms with Crippen LogP contribution in [0.3, 0.4) is 0 Å². The summed E-state index contributed by atoms with van der Waals surface area (Å²) in [6.45, 7) is 3.39. The molecule has 6 rings (SSSR count). The van der Waals surface area contributed by atoms with Crippen molar-refractivity contribution in [1.82, 2.24) is 33.8 Å². The average Bonchev–Trinajstić information content (AvgIpc) is 3.61. The smallest absolute Gasteiger partial charge is 0.279 e. The molecule has 0 spiro atoms. The second kappa shape index (κ2) is 8.21. The van der Waals surface area contributed by atoms with Gasteiger partial charge in [0.05, 0.1) is 40.9 Å². The molecule has 0 N–H and O–H groups in total. The van der Waals surface area contributed by atoms with Gasteiger partial charge in [-0.25, -0.2) is 4.98 Å². The van der Waals surface area contributed by atoms with Gasteiger partial charge in [-0.2, -0.15) is 4.68 Å². The van der Waals surface area contributed by atoms with Crippen molar-refractivity contribution < 1.29 is 9.53 Å². The molecule has 34 heavy (non-hydrogen) atoms. The molecular weight excluding hydrogens is 458 g/mol. The second-order valence-electron chi connectivity index (χ2n) is 8.90. The molecule has 1 aromatic carbocycles. The van der Waals surface area contributed by atoms with E-state index in [-0.39, 0.29) is 23.6 Å². The molecule has 10 nitrogen and oxygen atoms in total. The van der Waals surface area contributed by atoms with Gasteiger partial charge in [-0.05, 0) is 37.8 Å². The van der Waals surface area contributed by atoms with E-state index >= 15 is 0 Å². The first-order valence-electron chi connectivity index (χ1n) is 11.5. The van der Waals surface area contributed by atoms with Gasteiger partial charge in [0.1, 0.15) is 12.0 Å². The Morgan fingerprint density at radius 3 is 2.91 bits per heavy atom. The third-order valence-corrected chi connectivity index (χ3v) is 7.13. The summed E-state index contributed by atoms with van der Waals surface area (Å²) in [7, 11) is 0. The van der Waals surface area contributed by atoms with Gasteiger partial charge in [0.2, 0.25) is 5.91 Å². The number of benzene rings is 1. The summed E-state index contributed by atoms with van der Waals surface area (Å²) in [6.07, 6.45) is 6.97. The third-order valence-electron chi connectivity index (χ3n) is 6.83. The van der Waals surface area contributed by atoms with E-state index in [1.165, 1.54) is 4.68 Å². The fraction of sp³-hybridized carbons (Fsp3) is 0.435. The Kier molecular flexibility index (Phi) is 5.14. The summed E-state index contributed by atoms with van der Waals surface area (Å²) >= 11 is 6.57. The van der Waals surface area contributed by atoms with Gasteiger partial charge in [-0.1, -0.05) is 22.9 Å². The van der Waals surface area contributed by atoms with Crippen LogP contribution in [0.2, 0.25) is 5.02 Å². The van der Waals surface area contributed by atoms with Crippen LogP contribution in [0.25, 0.3) is 22.4 Å². The molecule has 2 aliphatic rings. The Labute approximate surface area is 199 Å². The predicted octanol–water partition coefficient (Wildman–Crippen LogP) is 2.75. The number of hydrogen-bond acceptors (Lipinski definition) is 6. The van der Waals surface area contributed by atoms with Gasteiger partial charge in [-0.15, -0.1) is 5.10 Å². The highest BCUT2D eigenvalue weighted by Crippen LogP contribution is 2.31. The van der Waals surface area contributed by atoms with E-state index in [9.17, 15) is 9.59 Å². The summed E-state index contributed by atoms with van der Waals surface area (Å²) in [5.74, 6) is 0.406. The lowest BCUT2D eigenvalue weighted by atomic mass is 10.1. The molecule has 0 aliphatic carbocycles. The Balaban J connectivity index is 1.51. The highest BCUT2D eigenvalue weighted by molar-refractivity contribution is 6.35. The summed E-state index contributed by atoms with van der Waals surface area (Å²) in [5, 5.41) is 9.10. The third kappa shape index (κ3) is 3.32. The van der Waals surface area contributed by atoms with Crippen molar-refractivity contribution in [3.8, 4) is 5.82 Å². The number of aromatic nitrogens is 6. The van der Waals surface area contributed by atoms with E-state index in [1.807, 2.05) is 17.0 Å². The number of halogens is 1. The van der Waals surface area contributed by atoms with Gasteiger partial charge in [0.15, 0.2) is 11.3 Å². The van der Waals surface area contributed by atoms with Crippen LogP contribution in [0.15, 0.2) is 35.5 Å². The van der Waals surface area contributed by atoms with Crippen LogP contribution in [-0.2, 0) is 16.1 Å². The number of rotatable bonds is 4. The summed E-state index contributed by atoms with van der Waals surface area (Å²) in [5.41, 5.74) is 2.30. The molecule has 2 atom stereocenters. The number of nitrogens with zero attached hydrogens (tertiary/aromatic N) is 7. The van der Waals surface area contributed by atoms with Crippen molar-refractivity contribution in [2.45, 2.75) is 51.3 Å². The molecule has 1 amide bonds. The van der Waals surface area contributed by atoms with Crippen LogP contribution in [-0.4, -0.2) is 59.0 Å². The number of imidazole rings is 1. The van der Waals surface area contributed by atoms with E-state index in [0.29, 0.717) is 47.3 Å². The monoisotopic (exact) mass is 481 g/mol. The number of amides is 1. The normalized spacial score (nSPS) is 20.7. The van der Waals surface area contributed by atoms with Crippen LogP contribution in [0.4, 0.5) is 0 Å². The zero-order chi connectivity index (χ0) is 23.4. The summed E-state index contributed by atoms with van der Waals surface area (Å²) in [4.78, 5) is 32.2. The number of hydrogen-bond donors (Lipinski definition) is 0. The first kappa shape index (κ1) is 21.3. The van der Waals surface area contributed by atoms with Crippen LogP contribution in [0.5, 0.6) is 0 Å². The van der Waals surface area contributed by atoms with E-state index in [1.54, 1.807) is 34.5 Å². The van der Waals surface area contributed by atoms with Crippen LogP contribution in [0.1, 0.15) is 44.3 Å². The van der Waals surface area contributed by atoms with Gasteiger partial charge in [-0.3, -0.25) is 14.0 Å². The van der Waals surface area contributed by atoms with Crippen molar-refractivity contribution in [1.29, 1.82) is 0 Å². The number of likely N-dealkylation sites (tertiary alicyclic amines) is 1. The summed E-state index contributed by atoms with van der Waals surface area (Å²) in [6, 6.07) is 5.44. The maximum absolute atomic E-state index is 13.8. The molecule has 0 bridgehead atoms. The molecule has 2 unspecified atom stereocenters. The quantitative estimate of drug-likeness (QED) is 0.444. The minimum absolute atomic E-state index is 0.0184. The molecular formula is C23H24ClN7O3. The van der Waals surface area contributed by atoms with E-state index in [4.69, 9.17) is 16.3 Å². The van der Waals surface area contributed by atoms with Crippen molar-refractivity contribution in [2.24, 2.45) is 0 Å². The molecule has 0 saturated carbocycles. The lowest BCUT2D eigenvalue weighted by molar-refractivity contribution is -0.129. The van der Waals surface area contributed by atoms with Crippen molar-refractivity contribution >= 4 is 34.1 Å². The largest absolute Gasteiger partial charge is 0.376 e. The lowest BCUT2D eigenvalue weighted by Crippen LogP contribution is -2.29. The lowest BCUT2D eigenvalue weighted by Gasteiger charge is -2.20. The first-order valence-corrected chi connectivity index (χ1v) is 11.9. The molecule has 11 heteroatoms. The van der Waals surface area contributed by atoms with Crippen LogP contribution >= 0.6 is 11.6 Å². The number of fused-ring (bicyclic) bond motifs is 3. The van der Waals surface area contributed by atoms with Crippen molar-refractivity contribution in [3.05, 3.63) is 51.8 Å². The van der Waals surface area contributed by atoms with Gasteiger partial charge in [0, 0.05) is 20.1 Å². The number of ether oxygens (including phenoxy) is 1. The Hall–Kier alpha value is -3.24. The van der Waals surface area contributed by atoms with Crippen molar-refractivity contribution in [3.63, 3.8) is 0 Å². The van der Waals surface area contributed by atoms with Gasteiger partial charge < -0.3 is 14.2 Å². The standard InChI is InChI=1S/C23H24ClN7O3/c1-14(32)28-9-3-8-18(28)17-12-31(27-26-17)22-21-23(33)29(11-15-5-4-10-34-15)20-16(24)6-2-7-19(20)30(21)13-25-22/h2,6-7,12-13,15,18H,3-5,8-11H2,1H3. The fourth-order valence-electron chi connectivity index (χ4n) is 5.23. The molecule has 0 radical (unpaired) electrons. The highest BCUT2D eigenvalue weighted by atomic mass is 35.5. The van der Waals surface area contributed by atoms with Gasteiger partial charge >= 0.3 is 0 Å². The SMILES string of the molecule is CC(=O)N1CCCC1c1cn(-c2ncn3c2c(=O)n(CC2CCCO2)c2c(Cl)cccc23)nn1. The van der Waals surface area contributed by atoms with E-state index < -0.39 is 0 Å². The number of para-hydroxylation sites is 1. The molecule has 4 aromatic rings. The molecule has 2 saturated heterocycles. The average molecular weight is 482 g/mol. The molecule has 176 valence electrons. The maximum Gasteiger partial charge on any atom is 0.279 e. The van der Waals surface area contributed by atoms with E-state index in [2.05, 4.69) is 15.3 Å². The number of carbonyl (C=O) groups is 1. The highest BCUT2D eigenvalue weighted by Gasteiger charge is 2.31. The zero-order valence-corrected chi connectivity index (χ0v) is 19.5. The molecule has 5 heterocycles. The predicted molar refractivity (Wildman–Crippen MR) is 125 cm³/mol. The van der Waals surface area contributed by atoms with Crippen molar-refractivity contribution in [2.75, 3.05) is 13.2 Å².